The Morgan fingerprint density at radius 3 is 1.77 bits per heavy atom. The van der Waals surface area contributed by atoms with E-state index in [1.165, 1.54) is 89.9 Å². The number of pyridine rings is 1. The minimum atomic E-state index is -0.520. The van der Waals surface area contributed by atoms with Gasteiger partial charge >= 0.3 is 6.09 Å². The number of alkyl carbamates (subject to hydrolysis) is 1. The van der Waals surface area contributed by atoms with Gasteiger partial charge in [0.2, 0.25) is 5.91 Å². The van der Waals surface area contributed by atoms with Gasteiger partial charge in [-0.25, -0.2) is 9.36 Å². The summed E-state index contributed by atoms with van der Waals surface area (Å²) in [6.45, 7) is 4.27. The van der Waals surface area contributed by atoms with Gasteiger partial charge in [0.15, 0.2) is 18.9 Å². The zero-order valence-electron chi connectivity index (χ0n) is 24.8. The molecule has 1 heterocycles. The molecule has 0 spiro atoms. The Morgan fingerprint density at radius 1 is 0.744 bits per heavy atom. The predicted octanol–water partition coefficient (Wildman–Crippen LogP) is 3.34. The van der Waals surface area contributed by atoms with Gasteiger partial charge in [0.1, 0.15) is 6.61 Å². The van der Waals surface area contributed by atoms with Crippen LogP contribution < -0.4 is 27.6 Å². The molecule has 2 N–H and O–H groups in total. The number of nitrogens with one attached hydrogen (secondary N) is 2. The average molecular weight is 570 g/mol. The minimum absolute atomic E-state index is 0. The topological polar surface area (TPSA) is 80.5 Å². The number of hydrogen-bond donors (Lipinski definition) is 2. The van der Waals surface area contributed by atoms with E-state index < -0.39 is 12.0 Å². The summed E-state index contributed by atoms with van der Waals surface area (Å²) in [6.07, 6.45) is 24.8. The van der Waals surface area contributed by atoms with E-state index in [0.717, 1.165) is 12.8 Å². The van der Waals surface area contributed by atoms with Gasteiger partial charge in [-0.3, -0.25) is 4.79 Å². The van der Waals surface area contributed by atoms with Crippen molar-refractivity contribution in [2.75, 3.05) is 33.4 Å². The van der Waals surface area contributed by atoms with Gasteiger partial charge < -0.3 is 32.5 Å². The summed E-state index contributed by atoms with van der Waals surface area (Å²) in [5.41, 5.74) is 0. The smallest absolute Gasteiger partial charge is 0.407 e. The molecule has 0 radical (unpaired) electrons. The molecule has 8 heteroatoms. The van der Waals surface area contributed by atoms with E-state index >= 15 is 0 Å². The van der Waals surface area contributed by atoms with Crippen molar-refractivity contribution in [3.8, 4) is 0 Å². The van der Waals surface area contributed by atoms with E-state index in [0.29, 0.717) is 19.7 Å². The molecule has 226 valence electrons. The lowest BCUT2D eigenvalue weighted by molar-refractivity contribution is -0.694. The number of halogens is 1. The number of unbranched alkanes of at least 4 members (excludes halogenated alkanes) is 15. The van der Waals surface area contributed by atoms with Gasteiger partial charge in [0.05, 0.1) is 19.1 Å². The van der Waals surface area contributed by atoms with Gasteiger partial charge in [-0.15, -0.1) is 0 Å². The summed E-state index contributed by atoms with van der Waals surface area (Å²) in [4.78, 5) is 24.1. The molecular weight excluding hydrogens is 514 g/mol. The van der Waals surface area contributed by atoms with E-state index in [1.54, 1.807) is 7.05 Å². The highest BCUT2D eigenvalue weighted by atomic mass is 35.5. The quantitative estimate of drug-likeness (QED) is 0.140. The highest BCUT2D eigenvalue weighted by Gasteiger charge is 2.20. The van der Waals surface area contributed by atoms with Crippen molar-refractivity contribution < 1.29 is 36.0 Å². The average Bonchev–Trinajstić information content (AvgIpc) is 2.94. The van der Waals surface area contributed by atoms with E-state index in [-0.39, 0.29) is 31.5 Å². The van der Waals surface area contributed by atoms with Crippen LogP contribution >= 0.6 is 0 Å². The molecule has 0 bridgehead atoms. The summed E-state index contributed by atoms with van der Waals surface area (Å²) < 4.78 is 13.0. The van der Waals surface area contributed by atoms with Crippen LogP contribution in [0.5, 0.6) is 0 Å². The van der Waals surface area contributed by atoms with Crippen LogP contribution in [0.4, 0.5) is 4.79 Å². The van der Waals surface area contributed by atoms with Crippen molar-refractivity contribution in [1.82, 2.24) is 10.6 Å². The first-order valence-electron chi connectivity index (χ1n) is 15.3. The first-order valence-corrected chi connectivity index (χ1v) is 15.3. The third kappa shape index (κ3) is 22.6. The SMILES string of the molecule is CCCCCCCCCCCCCCCCCCOC[C@H](COC(=O)NCC[n+]1ccccc1)C(=O)NC.[Cl-]. The first-order chi connectivity index (χ1) is 18.7. The monoisotopic (exact) mass is 569 g/mol. The maximum atomic E-state index is 12.1. The summed E-state index contributed by atoms with van der Waals surface area (Å²) in [5.74, 6) is -0.681. The molecule has 1 atom stereocenters. The van der Waals surface area contributed by atoms with Crippen molar-refractivity contribution in [3.05, 3.63) is 30.6 Å². The van der Waals surface area contributed by atoms with Gasteiger partial charge in [0.25, 0.3) is 0 Å². The Bertz CT molecular complexity index is 694. The van der Waals surface area contributed by atoms with E-state index in [2.05, 4.69) is 17.6 Å². The second kappa shape index (κ2) is 27.7. The lowest BCUT2D eigenvalue weighted by atomic mass is 10.0. The van der Waals surface area contributed by atoms with Gasteiger partial charge in [-0.2, -0.15) is 0 Å². The number of amides is 2. The van der Waals surface area contributed by atoms with Crippen LogP contribution in [-0.2, 0) is 20.8 Å². The summed E-state index contributed by atoms with van der Waals surface area (Å²) >= 11 is 0. The molecule has 0 aliphatic rings. The minimum Gasteiger partial charge on any atom is -1.00 e. The van der Waals surface area contributed by atoms with Crippen molar-refractivity contribution >= 4 is 12.0 Å². The summed E-state index contributed by atoms with van der Waals surface area (Å²) in [5, 5.41) is 5.34. The zero-order valence-corrected chi connectivity index (χ0v) is 25.5. The Morgan fingerprint density at radius 2 is 1.26 bits per heavy atom. The second-order valence-corrected chi connectivity index (χ2v) is 10.3. The summed E-state index contributed by atoms with van der Waals surface area (Å²) in [6, 6.07) is 5.82. The summed E-state index contributed by atoms with van der Waals surface area (Å²) in [7, 11) is 1.59. The van der Waals surface area contributed by atoms with Gasteiger partial charge in [-0.05, 0) is 6.42 Å². The Balaban J connectivity index is 0.0000144. The lowest BCUT2D eigenvalue weighted by Gasteiger charge is -2.16. The van der Waals surface area contributed by atoms with Crippen LogP contribution in [0.15, 0.2) is 30.6 Å². The fraction of sp³-hybridized carbons (Fsp3) is 0.774. The molecule has 0 unspecified atom stereocenters. The molecule has 0 saturated carbocycles. The predicted molar refractivity (Wildman–Crippen MR) is 154 cm³/mol. The molecule has 0 aromatic carbocycles. The number of hydrogen-bond acceptors (Lipinski definition) is 4. The Hall–Kier alpha value is -1.86. The molecule has 0 aliphatic carbocycles. The molecule has 0 fully saturated rings. The highest BCUT2D eigenvalue weighted by molar-refractivity contribution is 5.79. The number of ether oxygens (including phenoxy) is 2. The number of carbonyl (C=O) groups is 2. The maximum absolute atomic E-state index is 12.1. The van der Waals surface area contributed by atoms with Crippen molar-refractivity contribution in [2.45, 2.75) is 116 Å². The third-order valence-electron chi connectivity index (χ3n) is 6.91. The first kappa shape index (κ1) is 37.1. The van der Waals surface area contributed by atoms with Crippen LogP contribution in [0.3, 0.4) is 0 Å². The molecule has 1 aromatic heterocycles. The van der Waals surface area contributed by atoms with Crippen LogP contribution in [-0.4, -0.2) is 45.4 Å². The molecule has 1 aromatic rings. The van der Waals surface area contributed by atoms with Crippen molar-refractivity contribution in [2.24, 2.45) is 5.92 Å². The molecule has 7 nitrogen and oxygen atoms in total. The Kier molecular flexibility index (Phi) is 26.4. The number of aromatic nitrogens is 1. The fourth-order valence-corrected chi connectivity index (χ4v) is 4.48. The number of carbonyl (C=O) groups excluding carboxylic acids is 2. The van der Waals surface area contributed by atoms with Crippen LogP contribution in [0, 0.1) is 5.92 Å². The van der Waals surface area contributed by atoms with Crippen molar-refractivity contribution in [1.29, 1.82) is 0 Å². The zero-order chi connectivity index (χ0) is 27.5. The lowest BCUT2D eigenvalue weighted by Crippen LogP contribution is -3.00. The molecular formula is C31H56ClN3O4. The molecule has 0 aliphatic heterocycles. The molecule has 39 heavy (non-hydrogen) atoms. The highest BCUT2D eigenvalue weighted by Crippen LogP contribution is 2.13. The van der Waals surface area contributed by atoms with Crippen LogP contribution in [0.2, 0.25) is 0 Å². The molecule has 0 saturated heterocycles. The van der Waals surface area contributed by atoms with Crippen molar-refractivity contribution in [3.63, 3.8) is 0 Å². The maximum Gasteiger partial charge on any atom is 0.407 e. The molecule has 1 rings (SSSR count). The van der Waals surface area contributed by atoms with E-state index in [9.17, 15) is 9.59 Å². The van der Waals surface area contributed by atoms with Gasteiger partial charge in [0, 0.05) is 25.8 Å². The van der Waals surface area contributed by atoms with Crippen LogP contribution in [0.25, 0.3) is 0 Å². The largest absolute Gasteiger partial charge is 1.00 e. The standard InChI is InChI=1S/C31H55N3O4.ClH/c1-3-4-5-6-7-8-9-10-11-12-13-14-15-16-17-21-26-37-27-29(30(35)32-2)28-38-31(36)33-22-25-34-23-19-18-20-24-34;/h18-20,23-24,29H,3-17,21-22,25-28H2,1-2H3,(H-,32,33,35,36);1H/t29-;/m1./s1. The number of nitrogens with zero attached hydrogens (tertiary/aromatic N) is 1. The van der Waals surface area contributed by atoms with E-state index in [1.807, 2.05) is 35.2 Å². The normalized spacial score (nSPS) is 11.4. The fourth-order valence-electron chi connectivity index (χ4n) is 4.48. The van der Waals surface area contributed by atoms with Crippen LogP contribution in [0.1, 0.15) is 110 Å². The molecule has 2 amide bonds. The number of rotatable bonds is 25. The van der Waals surface area contributed by atoms with Gasteiger partial charge in [-0.1, -0.05) is 109 Å². The van der Waals surface area contributed by atoms with E-state index in [4.69, 9.17) is 9.47 Å². The third-order valence-corrected chi connectivity index (χ3v) is 6.91. The Labute approximate surface area is 244 Å². The second-order valence-electron chi connectivity index (χ2n) is 10.3.